The van der Waals surface area contributed by atoms with Crippen LogP contribution in [0.15, 0.2) is 29.6 Å². The van der Waals surface area contributed by atoms with E-state index >= 15 is 4.39 Å². The van der Waals surface area contributed by atoms with Crippen LogP contribution in [-0.4, -0.2) is 76.6 Å². The van der Waals surface area contributed by atoms with Crippen molar-refractivity contribution >= 4 is 65.9 Å². The van der Waals surface area contributed by atoms with Crippen molar-refractivity contribution in [3.05, 3.63) is 36.1 Å². The van der Waals surface area contributed by atoms with E-state index < -0.39 is 44.7 Å². The zero-order chi connectivity index (χ0) is 28.9. The molecule has 2 bridgehead atoms. The molecule has 220 valence electrons. The van der Waals surface area contributed by atoms with Gasteiger partial charge in [0.2, 0.25) is 0 Å². The van der Waals surface area contributed by atoms with Crippen molar-refractivity contribution in [2.24, 2.45) is 10.7 Å². The van der Waals surface area contributed by atoms with Crippen LogP contribution in [0.5, 0.6) is 0 Å². The zero-order valence-corrected chi connectivity index (χ0v) is 25.0. The number of aliphatic imine (C=N–C) groups is 1. The maximum absolute atomic E-state index is 15.9. The Morgan fingerprint density at radius 1 is 1.24 bits per heavy atom. The summed E-state index contributed by atoms with van der Waals surface area (Å²) in [6.07, 6.45) is -3.10. The molecule has 6 rings (SSSR count). The molecular formula is C19H22FN9O7P2S3. The topological polar surface area (TPSA) is 198 Å². The molecule has 0 aromatic carbocycles. The quantitative estimate of drug-likeness (QED) is 0.287. The van der Waals surface area contributed by atoms with Gasteiger partial charge in [0.05, 0.1) is 42.2 Å². The van der Waals surface area contributed by atoms with Crippen LogP contribution in [0.4, 0.5) is 10.2 Å². The molecule has 6 heterocycles. The summed E-state index contributed by atoms with van der Waals surface area (Å²) >= 11 is 11.7. The molecule has 0 spiro atoms. The van der Waals surface area contributed by atoms with Crippen LogP contribution in [0.3, 0.4) is 0 Å². The molecule has 3 aromatic rings. The van der Waals surface area contributed by atoms with E-state index in [4.69, 9.17) is 52.2 Å². The second kappa shape index (κ2) is 11.2. The number of halogens is 1. The number of fused-ring (bicyclic) bond motifs is 4. The number of hydrogen-bond acceptors (Lipinski definition) is 15. The Morgan fingerprint density at radius 3 is 2.85 bits per heavy atom. The monoisotopic (exact) mass is 665 g/mol. The third-order valence-corrected chi connectivity index (χ3v) is 9.99. The van der Waals surface area contributed by atoms with Crippen LogP contribution < -0.4 is 11.1 Å². The molecule has 0 radical (unpaired) electrons. The summed E-state index contributed by atoms with van der Waals surface area (Å²) < 4.78 is 46.7. The molecule has 3 aliphatic heterocycles. The van der Waals surface area contributed by atoms with Crippen LogP contribution in [-0.2, 0) is 59.6 Å². The number of alkyl halides is 1. The van der Waals surface area contributed by atoms with Gasteiger partial charge in [-0.15, -0.1) is 16.4 Å². The molecule has 3 aromatic heterocycles. The first kappa shape index (κ1) is 29.0. The van der Waals surface area contributed by atoms with E-state index in [0.717, 1.165) is 0 Å². The molecule has 1 saturated heterocycles. The van der Waals surface area contributed by atoms with Crippen LogP contribution in [0.1, 0.15) is 17.7 Å². The molecule has 0 saturated carbocycles. The van der Waals surface area contributed by atoms with Crippen molar-refractivity contribution in [1.82, 2.24) is 34.6 Å². The first-order chi connectivity index (χ1) is 19.5. The Balaban J connectivity index is 1.33. The van der Waals surface area contributed by atoms with Gasteiger partial charge in [0.1, 0.15) is 24.5 Å². The lowest BCUT2D eigenvalue weighted by molar-refractivity contribution is -0.0474. The average Bonchev–Trinajstić information content (AvgIpc) is 3.69. The Hall–Kier alpha value is -2.06. The summed E-state index contributed by atoms with van der Waals surface area (Å²) in [6, 6.07) is 0. The van der Waals surface area contributed by atoms with E-state index in [2.05, 4.69) is 36.9 Å². The van der Waals surface area contributed by atoms with E-state index in [0.29, 0.717) is 22.1 Å². The molecular weight excluding hydrogens is 643 g/mol. The van der Waals surface area contributed by atoms with Crippen LogP contribution in [0.25, 0.3) is 16.4 Å². The molecule has 6 atom stereocenters. The third kappa shape index (κ3) is 6.06. The smallest absolute Gasteiger partial charge is 0.325 e. The Kier molecular flexibility index (Phi) is 7.94. The van der Waals surface area contributed by atoms with Gasteiger partial charge in [-0.3, -0.25) is 14.1 Å². The standard InChI is InChI=1S/C19H22FN9O7P2S3/c1-9-14-17(26-19(21)24-9)28(7-23-14)18-15-13(20)10(35-18)5-33-37(30,39)32-3-2-29-12(6-34-38(31,40)36-15)25-16(27-29)11-4-22-8-41-11/h4,7-8,10,13,15,18H,1-3,5-6H2,(H,30,39)(H,31,40)(H3,21,24,26)/t10-,13-,15-,18-,37?,38?/m1/s1. The van der Waals surface area contributed by atoms with Gasteiger partial charge < -0.3 is 39.1 Å². The predicted molar refractivity (Wildman–Crippen MR) is 150 cm³/mol. The molecule has 22 heteroatoms. The predicted octanol–water partition coefficient (Wildman–Crippen LogP) is 1.44. The van der Waals surface area contributed by atoms with Crippen molar-refractivity contribution < 1.29 is 37.0 Å². The van der Waals surface area contributed by atoms with Crippen molar-refractivity contribution in [2.75, 3.05) is 13.2 Å². The molecule has 41 heavy (non-hydrogen) atoms. The highest BCUT2D eigenvalue weighted by Crippen LogP contribution is 2.52. The number of rotatable bonds is 2. The largest absolute Gasteiger partial charge is 0.369 e. The van der Waals surface area contributed by atoms with Gasteiger partial charge in [-0.1, -0.05) is 6.58 Å². The minimum Gasteiger partial charge on any atom is -0.369 e. The van der Waals surface area contributed by atoms with Crippen molar-refractivity contribution in [1.29, 1.82) is 0 Å². The van der Waals surface area contributed by atoms with Crippen molar-refractivity contribution in [3.63, 3.8) is 0 Å². The number of nitrogens with zero attached hydrogens (tertiary/aromatic N) is 7. The average molecular weight is 666 g/mol. The number of nitrogens with two attached hydrogens (primary N) is 1. The number of hydrogen-bond donors (Lipinski definition) is 4. The molecule has 3 aliphatic rings. The van der Waals surface area contributed by atoms with Crippen molar-refractivity contribution in [3.8, 4) is 10.7 Å². The van der Waals surface area contributed by atoms with Crippen LogP contribution >= 0.6 is 24.8 Å². The van der Waals surface area contributed by atoms with E-state index in [-0.39, 0.29) is 37.4 Å². The second-order valence-corrected chi connectivity index (χ2v) is 15.3. The van der Waals surface area contributed by atoms with Gasteiger partial charge >= 0.3 is 13.4 Å². The van der Waals surface area contributed by atoms with Gasteiger partial charge in [0.25, 0.3) is 0 Å². The van der Waals surface area contributed by atoms with E-state index in [1.54, 1.807) is 11.7 Å². The summed E-state index contributed by atoms with van der Waals surface area (Å²) in [5.74, 6) is 0.830. The maximum atomic E-state index is 15.9. The lowest BCUT2D eigenvalue weighted by Gasteiger charge is -2.26. The summed E-state index contributed by atoms with van der Waals surface area (Å²) in [5.41, 5.74) is 8.18. The number of nitrogens with one attached hydrogen (secondary N) is 1. The van der Waals surface area contributed by atoms with Gasteiger partial charge in [-0.2, -0.15) is 4.99 Å². The SMILES string of the molecule is C=C1NC(N)=Nc2c1ncn2[C@@H]1O[C@@H]2COP(O)(=S)OCCn3nc(-c4cncs4)nc3COP(O)(=S)O[C@@H]1[C@@H]2F. The van der Waals surface area contributed by atoms with E-state index in [1.165, 1.54) is 26.9 Å². The summed E-state index contributed by atoms with van der Waals surface area (Å²) in [6.45, 7) is -4.95. The van der Waals surface area contributed by atoms with Crippen molar-refractivity contribution in [2.45, 2.75) is 37.8 Å². The van der Waals surface area contributed by atoms with Gasteiger partial charge in [-0.25, -0.2) is 19.0 Å². The highest BCUT2D eigenvalue weighted by Gasteiger charge is 2.51. The fourth-order valence-corrected chi connectivity index (χ4v) is 7.25. The molecule has 1 fully saturated rings. The van der Waals surface area contributed by atoms with Crippen LogP contribution in [0, 0.1) is 0 Å². The lowest BCUT2D eigenvalue weighted by Crippen LogP contribution is -2.33. The number of thiazole rings is 1. The summed E-state index contributed by atoms with van der Waals surface area (Å²) in [4.78, 5) is 39.2. The first-order valence-corrected chi connectivity index (χ1v) is 17.8. The number of ether oxygens (including phenoxy) is 1. The number of imidazole rings is 1. The normalized spacial score (nSPS) is 32.8. The van der Waals surface area contributed by atoms with E-state index in [1.807, 2.05) is 0 Å². The fraction of sp³-hybridized carbons (Fsp3) is 0.421. The van der Waals surface area contributed by atoms with Gasteiger partial charge in [-0.05, 0) is 23.6 Å². The zero-order valence-electron chi connectivity index (χ0n) is 20.7. The molecule has 16 nitrogen and oxygen atoms in total. The Morgan fingerprint density at radius 2 is 2.07 bits per heavy atom. The molecule has 5 N–H and O–H groups in total. The van der Waals surface area contributed by atoms with Gasteiger partial charge in [0, 0.05) is 6.20 Å². The van der Waals surface area contributed by atoms with Gasteiger partial charge in [0.15, 0.2) is 35.8 Å². The highest BCUT2D eigenvalue weighted by atomic mass is 32.5. The number of aromatic nitrogens is 6. The lowest BCUT2D eigenvalue weighted by atomic mass is 10.1. The summed E-state index contributed by atoms with van der Waals surface area (Å²) in [7, 11) is 0. The number of guanidine groups is 1. The molecule has 2 unspecified atom stereocenters. The molecule has 0 amide bonds. The first-order valence-electron chi connectivity index (χ1n) is 11.8. The minimum absolute atomic E-state index is 0.0291. The summed E-state index contributed by atoms with van der Waals surface area (Å²) in [5, 5.41) is 7.19. The second-order valence-electron chi connectivity index (χ2n) is 8.78. The van der Waals surface area contributed by atoms with Crippen LogP contribution in [0.2, 0.25) is 0 Å². The third-order valence-electron chi connectivity index (χ3n) is 6.07. The maximum Gasteiger partial charge on any atom is 0.325 e. The molecule has 0 aliphatic carbocycles. The Labute approximate surface area is 245 Å². The van der Waals surface area contributed by atoms with E-state index in [9.17, 15) is 9.79 Å². The minimum atomic E-state index is -4.12. The highest BCUT2D eigenvalue weighted by molar-refractivity contribution is 8.07. The Bertz CT molecular complexity index is 1600. The fourth-order valence-electron chi connectivity index (χ4n) is 4.25.